The molecule has 0 spiro atoms. The van der Waals surface area contributed by atoms with Crippen molar-refractivity contribution in [1.29, 1.82) is 0 Å². The first kappa shape index (κ1) is 6.70. The lowest BCUT2D eigenvalue weighted by atomic mass is 13.9. The summed E-state index contributed by atoms with van der Waals surface area (Å²) in [5.74, 6) is 0. The van der Waals surface area contributed by atoms with E-state index < -0.39 is 21.9 Å². The molecule has 0 heterocycles. The molecule has 0 aromatic carbocycles. The third-order valence-corrected chi connectivity index (χ3v) is 1.08. The van der Waals surface area contributed by atoms with Crippen LogP contribution in [-0.2, 0) is 21.9 Å². The Labute approximate surface area is 42.9 Å². The van der Waals surface area contributed by atoms with E-state index in [0.717, 1.165) is 0 Å². The SMILES string of the molecule is O=S=NS(=O)(=O)F. The molecule has 0 amide bonds. The second kappa shape index (κ2) is 2.12. The molecule has 0 atom stereocenters. The van der Waals surface area contributed by atoms with Crippen LogP contribution in [0.3, 0.4) is 0 Å². The van der Waals surface area contributed by atoms with E-state index in [1.165, 1.54) is 0 Å². The Morgan fingerprint density at radius 2 is 2.00 bits per heavy atom. The van der Waals surface area contributed by atoms with Crippen LogP contribution in [0.25, 0.3) is 0 Å². The Hall–Kier alpha value is -0.300. The molecule has 0 aliphatic rings. The molecule has 0 unspecified atom stereocenters. The average molecular weight is 145 g/mol. The second-order valence-corrected chi connectivity index (χ2v) is 2.13. The molecular weight excluding hydrogens is 145 g/mol. The van der Waals surface area contributed by atoms with Crippen molar-refractivity contribution >= 4 is 21.9 Å². The van der Waals surface area contributed by atoms with E-state index in [-0.39, 0.29) is 0 Å². The van der Waals surface area contributed by atoms with Gasteiger partial charge < -0.3 is 0 Å². The predicted molar refractivity (Wildman–Crippen MR) is 20.6 cm³/mol. The molecular formula is FNO3S2. The van der Waals surface area contributed by atoms with Gasteiger partial charge in [0.2, 0.25) is 11.5 Å². The van der Waals surface area contributed by atoms with Gasteiger partial charge in [-0.3, -0.25) is 0 Å². The number of halogens is 1. The fourth-order valence-electron chi connectivity index (χ4n) is 0.0363. The summed E-state index contributed by atoms with van der Waals surface area (Å²) >= 11 is -0.679. The standard InChI is InChI=1S/FNO3S2/c1-7(4,5)2-6-3. The van der Waals surface area contributed by atoms with Crippen LogP contribution in [0.2, 0.25) is 0 Å². The van der Waals surface area contributed by atoms with Gasteiger partial charge in [0, 0.05) is 0 Å². The smallest absolute Gasteiger partial charge is 0.190 e. The van der Waals surface area contributed by atoms with Gasteiger partial charge in [0.05, 0.1) is 0 Å². The van der Waals surface area contributed by atoms with E-state index in [1.54, 1.807) is 0 Å². The third kappa shape index (κ3) is 5.70. The summed E-state index contributed by atoms with van der Waals surface area (Å²) in [5, 5.41) is 0. The molecule has 42 valence electrons. The van der Waals surface area contributed by atoms with Gasteiger partial charge in [-0.2, -0.15) is 12.6 Å². The van der Waals surface area contributed by atoms with Gasteiger partial charge in [-0.25, -0.2) is 0 Å². The zero-order valence-corrected chi connectivity index (χ0v) is 4.50. The van der Waals surface area contributed by atoms with Crippen molar-refractivity contribution in [3.05, 3.63) is 0 Å². The van der Waals surface area contributed by atoms with Gasteiger partial charge >= 0.3 is 10.4 Å². The number of nitrogens with zero attached hydrogens (tertiary/aromatic N) is 1. The molecule has 0 bridgehead atoms. The highest BCUT2D eigenvalue weighted by atomic mass is 32.3. The van der Waals surface area contributed by atoms with Crippen molar-refractivity contribution < 1.29 is 16.5 Å². The van der Waals surface area contributed by atoms with Gasteiger partial charge in [-0.15, -0.1) is 0 Å². The molecule has 0 saturated heterocycles. The van der Waals surface area contributed by atoms with E-state index in [2.05, 4.69) is 0 Å². The lowest BCUT2D eigenvalue weighted by Gasteiger charge is -1.65. The molecule has 0 N–H and O–H groups in total. The van der Waals surface area contributed by atoms with Crippen LogP contribution >= 0.6 is 0 Å². The molecule has 7 heteroatoms. The van der Waals surface area contributed by atoms with Crippen LogP contribution in [0.5, 0.6) is 0 Å². The molecule has 7 heavy (non-hydrogen) atoms. The number of hydrogen-bond donors (Lipinski definition) is 0. The van der Waals surface area contributed by atoms with Crippen LogP contribution in [0.15, 0.2) is 3.77 Å². The van der Waals surface area contributed by atoms with Crippen molar-refractivity contribution in [3.63, 3.8) is 0 Å². The van der Waals surface area contributed by atoms with Crippen molar-refractivity contribution in [2.45, 2.75) is 0 Å². The van der Waals surface area contributed by atoms with Crippen molar-refractivity contribution in [2.75, 3.05) is 0 Å². The monoisotopic (exact) mass is 145 g/mol. The molecule has 0 fully saturated rings. The van der Waals surface area contributed by atoms with E-state index in [1.807, 2.05) is 3.77 Å². The lowest BCUT2D eigenvalue weighted by molar-refractivity contribution is 0.555. The van der Waals surface area contributed by atoms with Crippen LogP contribution in [0.1, 0.15) is 0 Å². The molecule has 0 saturated carbocycles. The van der Waals surface area contributed by atoms with E-state index in [9.17, 15) is 12.3 Å². The summed E-state index contributed by atoms with van der Waals surface area (Å²) in [6, 6.07) is 0. The van der Waals surface area contributed by atoms with Gasteiger partial charge in [-0.05, 0) is 3.77 Å². The summed E-state index contributed by atoms with van der Waals surface area (Å²) < 4.78 is 40.3. The average Bonchev–Trinajstić information content (AvgIpc) is 1.30. The Bertz CT molecular complexity index is 185. The van der Waals surface area contributed by atoms with Crippen molar-refractivity contribution in [1.82, 2.24) is 0 Å². The summed E-state index contributed by atoms with van der Waals surface area (Å²) in [6.07, 6.45) is 0. The Morgan fingerprint density at radius 3 is 2.00 bits per heavy atom. The van der Waals surface area contributed by atoms with E-state index in [0.29, 0.717) is 0 Å². The largest absolute Gasteiger partial charge is 0.430 e. The fourth-order valence-corrected chi connectivity index (χ4v) is 0.327. The topological polar surface area (TPSA) is 63.6 Å². The summed E-state index contributed by atoms with van der Waals surface area (Å²) in [6.45, 7) is 0. The molecule has 0 aromatic heterocycles. The summed E-state index contributed by atoms with van der Waals surface area (Å²) in [7, 11) is -4.90. The van der Waals surface area contributed by atoms with Crippen molar-refractivity contribution in [3.8, 4) is 0 Å². The van der Waals surface area contributed by atoms with Gasteiger partial charge in [0.1, 0.15) is 0 Å². The quantitative estimate of drug-likeness (QED) is 0.471. The number of hydrogen-bond acceptors (Lipinski definition) is 3. The van der Waals surface area contributed by atoms with Gasteiger partial charge in [-0.1, -0.05) is 3.89 Å². The normalized spacial score (nSPS) is 10.4. The zero-order valence-electron chi connectivity index (χ0n) is 2.87. The lowest BCUT2D eigenvalue weighted by Crippen LogP contribution is -1.77. The molecule has 4 nitrogen and oxygen atoms in total. The second-order valence-electron chi connectivity index (χ2n) is 0.561. The highest BCUT2D eigenvalue weighted by molar-refractivity contribution is 7.88. The fraction of sp³-hybridized carbons (Fsp3) is 0. The minimum absolute atomic E-state index is 0.679. The Kier molecular flexibility index (Phi) is 2.03. The predicted octanol–water partition coefficient (Wildman–Crippen LogP) is -0.403. The first-order chi connectivity index (χ1) is 3.06. The van der Waals surface area contributed by atoms with Crippen LogP contribution in [-0.4, -0.2) is 12.6 Å². The maximum Gasteiger partial charge on any atom is 0.430 e. The Balaban J connectivity index is 4.44. The molecule has 0 aliphatic heterocycles. The Morgan fingerprint density at radius 1 is 1.57 bits per heavy atom. The summed E-state index contributed by atoms with van der Waals surface area (Å²) in [5.41, 5.74) is 0. The van der Waals surface area contributed by atoms with E-state index in [4.69, 9.17) is 4.21 Å². The zero-order chi connectivity index (χ0) is 5.91. The van der Waals surface area contributed by atoms with Crippen LogP contribution < -0.4 is 0 Å². The van der Waals surface area contributed by atoms with Crippen molar-refractivity contribution in [2.24, 2.45) is 3.77 Å². The molecule has 0 rings (SSSR count). The number of rotatable bonds is 1. The first-order valence-corrected chi connectivity index (χ1v) is 3.06. The van der Waals surface area contributed by atoms with Gasteiger partial charge in [0.15, 0.2) is 0 Å². The maximum atomic E-state index is 11.0. The molecule has 0 aromatic rings. The maximum absolute atomic E-state index is 11.0. The highest BCUT2D eigenvalue weighted by Gasteiger charge is 1.98. The first-order valence-electron chi connectivity index (χ1n) is 1.02. The minimum atomic E-state index is -4.90. The van der Waals surface area contributed by atoms with Crippen LogP contribution in [0.4, 0.5) is 3.89 Å². The minimum Gasteiger partial charge on any atom is -0.190 e. The van der Waals surface area contributed by atoms with Gasteiger partial charge in [0.25, 0.3) is 0 Å². The summed E-state index contributed by atoms with van der Waals surface area (Å²) in [4.78, 5) is 0. The third-order valence-electron chi connectivity index (χ3n) is 0.119. The van der Waals surface area contributed by atoms with E-state index >= 15 is 0 Å². The van der Waals surface area contributed by atoms with Crippen LogP contribution in [0, 0.1) is 0 Å². The molecule has 0 radical (unpaired) electrons. The molecule has 0 aliphatic carbocycles. The highest BCUT2D eigenvalue weighted by Crippen LogP contribution is 1.87.